The van der Waals surface area contributed by atoms with Crippen molar-refractivity contribution in [2.24, 2.45) is 0 Å². The molecule has 0 atom stereocenters. The van der Waals surface area contributed by atoms with E-state index in [0.29, 0.717) is 28.1 Å². The predicted octanol–water partition coefficient (Wildman–Crippen LogP) is 2.71. The van der Waals surface area contributed by atoms with Gasteiger partial charge in [-0.2, -0.15) is 0 Å². The Hall–Kier alpha value is -3.42. The van der Waals surface area contributed by atoms with Gasteiger partial charge < -0.3 is 19.0 Å². The zero-order valence-corrected chi connectivity index (χ0v) is 14.4. The molecule has 1 amide bonds. The van der Waals surface area contributed by atoms with Crippen LogP contribution in [0.25, 0.3) is 11.0 Å². The Labute approximate surface area is 147 Å². The van der Waals surface area contributed by atoms with Crippen LogP contribution < -0.4 is 10.9 Å². The summed E-state index contributed by atoms with van der Waals surface area (Å²) in [5, 5.41) is 6.93. The molecule has 0 saturated heterocycles. The van der Waals surface area contributed by atoms with Crippen LogP contribution in [-0.2, 0) is 16.1 Å². The maximum absolute atomic E-state index is 12.2. The average Bonchev–Trinajstić information content (AvgIpc) is 2.90. The average molecular weight is 356 g/mol. The minimum atomic E-state index is -0.586. The highest BCUT2D eigenvalue weighted by Gasteiger charge is 2.19. The van der Waals surface area contributed by atoms with Crippen molar-refractivity contribution in [2.45, 2.75) is 27.4 Å². The number of aryl methyl sites for hydroxylation is 2. The third-order valence-corrected chi connectivity index (χ3v) is 3.75. The smallest absolute Gasteiger partial charge is 0.344 e. The van der Waals surface area contributed by atoms with Gasteiger partial charge in [0.2, 0.25) is 5.91 Å². The fourth-order valence-electron chi connectivity index (χ4n) is 2.62. The van der Waals surface area contributed by atoms with Gasteiger partial charge in [0.05, 0.1) is 5.69 Å². The van der Waals surface area contributed by atoms with Crippen molar-refractivity contribution in [1.29, 1.82) is 0 Å². The highest BCUT2D eigenvalue weighted by atomic mass is 16.5. The summed E-state index contributed by atoms with van der Waals surface area (Å²) in [4.78, 5) is 35.2. The highest BCUT2D eigenvalue weighted by molar-refractivity contribution is 5.93. The minimum absolute atomic E-state index is 0.121. The topological polar surface area (TPSA) is 112 Å². The van der Waals surface area contributed by atoms with Gasteiger partial charge >= 0.3 is 11.6 Å². The molecule has 2 aromatic heterocycles. The summed E-state index contributed by atoms with van der Waals surface area (Å²) in [5.41, 5.74) is 1.40. The number of nitrogens with zero attached hydrogens (tertiary/aromatic N) is 1. The molecule has 1 N–H and O–H groups in total. The van der Waals surface area contributed by atoms with E-state index in [1.165, 1.54) is 19.1 Å². The van der Waals surface area contributed by atoms with E-state index in [1.54, 1.807) is 26.0 Å². The molecule has 0 spiro atoms. The van der Waals surface area contributed by atoms with Gasteiger partial charge in [-0.05, 0) is 26.0 Å². The fourth-order valence-corrected chi connectivity index (χ4v) is 2.62. The SMILES string of the molecule is CC(=O)Nc1ccc2c(COC(=O)c3c(C)noc3C)cc(=O)oc2c1. The van der Waals surface area contributed by atoms with Crippen LogP contribution in [0.1, 0.15) is 34.3 Å². The van der Waals surface area contributed by atoms with Gasteiger partial charge in [0.15, 0.2) is 0 Å². The largest absolute Gasteiger partial charge is 0.457 e. The second kappa shape index (κ2) is 6.83. The Balaban J connectivity index is 1.89. The molecule has 0 fully saturated rings. The molecule has 3 aromatic rings. The van der Waals surface area contributed by atoms with Gasteiger partial charge in [0.25, 0.3) is 0 Å². The second-order valence-electron chi connectivity index (χ2n) is 5.76. The first-order valence-corrected chi connectivity index (χ1v) is 7.79. The summed E-state index contributed by atoms with van der Waals surface area (Å²) in [7, 11) is 0. The summed E-state index contributed by atoms with van der Waals surface area (Å²) < 4.78 is 15.4. The van der Waals surface area contributed by atoms with E-state index in [1.807, 2.05) is 0 Å². The number of esters is 1. The number of hydrogen-bond acceptors (Lipinski definition) is 7. The van der Waals surface area contributed by atoms with Gasteiger partial charge in [0.1, 0.15) is 23.5 Å². The number of aromatic nitrogens is 1. The molecule has 3 rings (SSSR count). The van der Waals surface area contributed by atoms with Gasteiger partial charge in [-0.15, -0.1) is 0 Å². The first-order chi connectivity index (χ1) is 12.3. The molecule has 0 aliphatic rings. The number of anilines is 1. The molecule has 0 radical (unpaired) electrons. The molecule has 26 heavy (non-hydrogen) atoms. The van der Waals surface area contributed by atoms with Crippen LogP contribution in [0, 0.1) is 13.8 Å². The quantitative estimate of drug-likeness (QED) is 0.565. The Bertz CT molecular complexity index is 1040. The fraction of sp³-hybridized carbons (Fsp3) is 0.222. The lowest BCUT2D eigenvalue weighted by Crippen LogP contribution is -2.10. The molecule has 0 aliphatic carbocycles. The number of ether oxygens (including phenoxy) is 1. The van der Waals surface area contributed by atoms with Crippen LogP contribution in [0.5, 0.6) is 0 Å². The van der Waals surface area contributed by atoms with Crippen molar-refractivity contribution < 1.29 is 23.3 Å². The Kier molecular flexibility index (Phi) is 4.57. The number of hydrogen-bond donors (Lipinski definition) is 1. The number of benzene rings is 1. The summed E-state index contributed by atoms with van der Waals surface area (Å²) in [6.07, 6.45) is 0. The van der Waals surface area contributed by atoms with Gasteiger partial charge in [-0.25, -0.2) is 9.59 Å². The number of nitrogens with one attached hydrogen (secondary N) is 1. The van der Waals surface area contributed by atoms with Crippen molar-refractivity contribution in [3.8, 4) is 0 Å². The zero-order valence-electron chi connectivity index (χ0n) is 14.4. The van der Waals surface area contributed by atoms with Crippen LogP contribution in [0.4, 0.5) is 5.69 Å². The second-order valence-corrected chi connectivity index (χ2v) is 5.76. The van der Waals surface area contributed by atoms with E-state index in [9.17, 15) is 14.4 Å². The van der Waals surface area contributed by atoms with Crippen LogP contribution in [0.3, 0.4) is 0 Å². The molecule has 134 valence electrons. The molecule has 2 heterocycles. The number of carbonyl (C=O) groups excluding carboxylic acids is 2. The van der Waals surface area contributed by atoms with E-state index in [2.05, 4.69) is 10.5 Å². The molecule has 8 nitrogen and oxygen atoms in total. The van der Waals surface area contributed by atoms with Crippen molar-refractivity contribution in [3.05, 3.63) is 57.3 Å². The minimum Gasteiger partial charge on any atom is -0.457 e. The molecule has 8 heteroatoms. The Morgan fingerprint density at radius 1 is 1.23 bits per heavy atom. The maximum atomic E-state index is 12.2. The molecule has 0 unspecified atom stereocenters. The lowest BCUT2D eigenvalue weighted by Gasteiger charge is -2.08. The summed E-state index contributed by atoms with van der Waals surface area (Å²) in [6.45, 7) is 4.52. The number of rotatable bonds is 4. The summed E-state index contributed by atoms with van der Waals surface area (Å²) >= 11 is 0. The molecular formula is C18H16N2O6. The normalized spacial score (nSPS) is 10.7. The third-order valence-electron chi connectivity index (χ3n) is 3.75. The van der Waals surface area contributed by atoms with Crippen LogP contribution in [-0.4, -0.2) is 17.0 Å². The number of amides is 1. The summed E-state index contributed by atoms with van der Waals surface area (Å²) in [5.74, 6) is -0.460. The first-order valence-electron chi connectivity index (χ1n) is 7.79. The molecule has 1 aromatic carbocycles. The van der Waals surface area contributed by atoms with Crippen LogP contribution in [0.2, 0.25) is 0 Å². The molecule has 0 bridgehead atoms. The van der Waals surface area contributed by atoms with Crippen LogP contribution in [0.15, 0.2) is 38.0 Å². The lowest BCUT2D eigenvalue weighted by molar-refractivity contribution is -0.114. The molecule has 0 saturated carbocycles. The first kappa shape index (κ1) is 17.4. The van der Waals surface area contributed by atoms with Crippen molar-refractivity contribution in [2.75, 3.05) is 5.32 Å². The lowest BCUT2D eigenvalue weighted by atomic mass is 10.1. The predicted molar refractivity (Wildman–Crippen MR) is 91.9 cm³/mol. The van der Waals surface area contributed by atoms with Gasteiger partial charge in [0, 0.05) is 35.7 Å². The van der Waals surface area contributed by atoms with Crippen molar-refractivity contribution in [3.63, 3.8) is 0 Å². The maximum Gasteiger partial charge on any atom is 0.344 e. The van der Waals surface area contributed by atoms with Crippen molar-refractivity contribution >= 4 is 28.5 Å². The Morgan fingerprint density at radius 3 is 2.65 bits per heavy atom. The number of carbonyl (C=O) groups is 2. The van der Waals surface area contributed by atoms with E-state index < -0.39 is 11.6 Å². The van der Waals surface area contributed by atoms with Gasteiger partial charge in [-0.3, -0.25) is 4.79 Å². The summed E-state index contributed by atoms with van der Waals surface area (Å²) in [6, 6.07) is 6.16. The van der Waals surface area contributed by atoms with Crippen molar-refractivity contribution in [1.82, 2.24) is 5.16 Å². The molecular weight excluding hydrogens is 340 g/mol. The third kappa shape index (κ3) is 3.49. The molecule has 0 aliphatic heterocycles. The monoisotopic (exact) mass is 356 g/mol. The van der Waals surface area contributed by atoms with E-state index in [0.717, 1.165) is 0 Å². The zero-order chi connectivity index (χ0) is 18.8. The van der Waals surface area contributed by atoms with E-state index >= 15 is 0 Å². The standard InChI is InChI=1S/C18H16N2O6/c1-9-17(10(2)26-20-9)18(23)24-8-12-6-16(22)25-15-7-13(19-11(3)21)4-5-14(12)15/h4-7H,8H2,1-3H3,(H,19,21). The van der Waals surface area contributed by atoms with Crippen LogP contribution >= 0.6 is 0 Å². The van der Waals surface area contributed by atoms with E-state index in [4.69, 9.17) is 13.7 Å². The van der Waals surface area contributed by atoms with Gasteiger partial charge in [-0.1, -0.05) is 5.16 Å². The highest BCUT2D eigenvalue weighted by Crippen LogP contribution is 2.23. The Morgan fingerprint density at radius 2 is 2.00 bits per heavy atom. The number of fused-ring (bicyclic) bond motifs is 1. The van der Waals surface area contributed by atoms with E-state index in [-0.39, 0.29) is 23.7 Å².